The van der Waals surface area contributed by atoms with Gasteiger partial charge in [0.2, 0.25) is 0 Å². The Labute approximate surface area is 113 Å². The standard InChI is InChI=1S/C12H14BrNS2/c1-9(10-5-7-15-8-10)14-6-4-11-2-3-12(13)16-11/h2-3,5,7-9,14H,4,6H2,1H3. The van der Waals surface area contributed by atoms with Crippen molar-refractivity contribution in [2.75, 3.05) is 6.54 Å². The first-order chi connectivity index (χ1) is 7.75. The monoisotopic (exact) mass is 315 g/mol. The first-order valence-corrected chi connectivity index (χ1v) is 7.80. The number of halogens is 1. The van der Waals surface area contributed by atoms with Gasteiger partial charge in [0.15, 0.2) is 0 Å². The molecule has 2 aromatic heterocycles. The van der Waals surface area contributed by atoms with E-state index < -0.39 is 0 Å². The van der Waals surface area contributed by atoms with E-state index in [4.69, 9.17) is 0 Å². The van der Waals surface area contributed by atoms with Gasteiger partial charge in [0.05, 0.1) is 3.79 Å². The summed E-state index contributed by atoms with van der Waals surface area (Å²) in [5.41, 5.74) is 1.39. The summed E-state index contributed by atoms with van der Waals surface area (Å²) in [6, 6.07) is 6.94. The molecular formula is C12H14BrNS2. The van der Waals surface area contributed by atoms with E-state index >= 15 is 0 Å². The van der Waals surface area contributed by atoms with Crippen molar-refractivity contribution >= 4 is 38.6 Å². The van der Waals surface area contributed by atoms with Gasteiger partial charge in [0.25, 0.3) is 0 Å². The zero-order chi connectivity index (χ0) is 11.4. The Morgan fingerprint density at radius 3 is 2.88 bits per heavy atom. The van der Waals surface area contributed by atoms with Gasteiger partial charge in [-0.05, 0) is 63.8 Å². The number of hydrogen-bond donors (Lipinski definition) is 1. The normalized spacial score (nSPS) is 12.9. The summed E-state index contributed by atoms with van der Waals surface area (Å²) in [7, 11) is 0. The summed E-state index contributed by atoms with van der Waals surface area (Å²) in [6.07, 6.45) is 1.10. The van der Waals surface area contributed by atoms with Crippen LogP contribution in [0.5, 0.6) is 0 Å². The van der Waals surface area contributed by atoms with E-state index in [0.717, 1.165) is 13.0 Å². The second-order valence-corrected chi connectivity index (χ2v) is 7.02. The summed E-state index contributed by atoms with van der Waals surface area (Å²) in [4.78, 5) is 1.43. The molecule has 16 heavy (non-hydrogen) atoms. The maximum atomic E-state index is 3.54. The van der Waals surface area contributed by atoms with Crippen LogP contribution in [0.2, 0.25) is 0 Å². The molecule has 1 atom stereocenters. The molecule has 0 saturated heterocycles. The second kappa shape index (κ2) is 5.96. The third kappa shape index (κ3) is 3.42. The summed E-state index contributed by atoms with van der Waals surface area (Å²) < 4.78 is 1.22. The van der Waals surface area contributed by atoms with Crippen LogP contribution in [0.4, 0.5) is 0 Å². The van der Waals surface area contributed by atoms with Gasteiger partial charge in [-0.1, -0.05) is 0 Å². The zero-order valence-electron chi connectivity index (χ0n) is 9.07. The third-order valence-electron chi connectivity index (χ3n) is 2.49. The van der Waals surface area contributed by atoms with Gasteiger partial charge >= 0.3 is 0 Å². The van der Waals surface area contributed by atoms with Crippen LogP contribution in [0.1, 0.15) is 23.4 Å². The van der Waals surface area contributed by atoms with Crippen molar-refractivity contribution in [3.05, 3.63) is 43.2 Å². The first-order valence-electron chi connectivity index (χ1n) is 5.25. The van der Waals surface area contributed by atoms with Gasteiger partial charge in [-0.3, -0.25) is 0 Å². The molecule has 0 spiro atoms. The highest BCUT2D eigenvalue weighted by Gasteiger charge is 2.04. The molecule has 0 radical (unpaired) electrons. The highest BCUT2D eigenvalue weighted by atomic mass is 79.9. The Morgan fingerprint density at radius 2 is 2.25 bits per heavy atom. The van der Waals surface area contributed by atoms with Gasteiger partial charge in [0, 0.05) is 17.5 Å². The van der Waals surface area contributed by atoms with Gasteiger partial charge in [-0.15, -0.1) is 11.3 Å². The van der Waals surface area contributed by atoms with E-state index in [2.05, 4.69) is 57.1 Å². The van der Waals surface area contributed by atoms with E-state index in [0.29, 0.717) is 6.04 Å². The van der Waals surface area contributed by atoms with Gasteiger partial charge in [-0.2, -0.15) is 11.3 Å². The average molecular weight is 316 g/mol. The van der Waals surface area contributed by atoms with Gasteiger partial charge in [-0.25, -0.2) is 0 Å². The second-order valence-electron chi connectivity index (χ2n) is 3.69. The molecule has 0 aliphatic heterocycles. The predicted octanol–water partition coefficient (Wildman–Crippen LogP) is 4.47. The van der Waals surface area contributed by atoms with Crippen LogP contribution in [-0.2, 0) is 6.42 Å². The lowest BCUT2D eigenvalue weighted by Gasteiger charge is -2.11. The van der Waals surface area contributed by atoms with Gasteiger partial charge < -0.3 is 5.32 Å². The molecule has 0 amide bonds. The molecule has 0 aliphatic rings. The minimum atomic E-state index is 0.453. The minimum absolute atomic E-state index is 0.453. The summed E-state index contributed by atoms with van der Waals surface area (Å²) in [5, 5.41) is 7.88. The number of hydrogen-bond acceptors (Lipinski definition) is 3. The Bertz CT molecular complexity index is 422. The SMILES string of the molecule is CC(NCCc1ccc(Br)s1)c1ccsc1. The lowest BCUT2D eigenvalue weighted by molar-refractivity contribution is 0.580. The Balaban J connectivity index is 1.76. The van der Waals surface area contributed by atoms with E-state index in [9.17, 15) is 0 Å². The van der Waals surface area contributed by atoms with E-state index in [1.165, 1.54) is 14.2 Å². The van der Waals surface area contributed by atoms with E-state index in [1.807, 2.05) is 11.3 Å². The fourth-order valence-electron chi connectivity index (χ4n) is 1.54. The van der Waals surface area contributed by atoms with Crippen LogP contribution in [0, 0.1) is 0 Å². The van der Waals surface area contributed by atoms with Crippen LogP contribution >= 0.6 is 38.6 Å². The van der Waals surface area contributed by atoms with E-state index in [1.54, 1.807) is 11.3 Å². The van der Waals surface area contributed by atoms with Crippen molar-refractivity contribution in [3.8, 4) is 0 Å². The fourth-order valence-corrected chi connectivity index (χ4v) is 3.77. The number of rotatable bonds is 5. The molecule has 1 N–H and O–H groups in total. The molecule has 0 fully saturated rings. The maximum Gasteiger partial charge on any atom is 0.0701 e. The molecule has 1 unspecified atom stereocenters. The highest BCUT2D eigenvalue weighted by molar-refractivity contribution is 9.11. The average Bonchev–Trinajstić information content (AvgIpc) is 2.89. The minimum Gasteiger partial charge on any atom is -0.310 e. The van der Waals surface area contributed by atoms with Crippen LogP contribution in [0.25, 0.3) is 0 Å². The van der Waals surface area contributed by atoms with Crippen molar-refractivity contribution in [2.45, 2.75) is 19.4 Å². The molecule has 1 nitrogen and oxygen atoms in total. The molecule has 2 rings (SSSR count). The molecule has 2 heterocycles. The topological polar surface area (TPSA) is 12.0 Å². The Morgan fingerprint density at radius 1 is 1.38 bits per heavy atom. The quantitative estimate of drug-likeness (QED) is 0.858. The largest absolute Gasteiger partial charge is 0.310 e. The van der Waals surface area contributed by atoms with Crippen molar-refractivity contribution in [3.63, 3.8) is 0 Å². The smallest absolute Gasteiger partial charge is 0.0701 e. The molecular weight excluding hydrogens is 302 g/mol. The van der Waals surface area contributed by atoms with Crippen LogP contribution < -0.4 is 5.32 Å². The Hall–Kier alpha value is -0.160. The molecule has 0 bridgehead atoms. The number of thiophene rings is 2. The van der Waals surface area contributed by atoms with Gasteiger partial charge in [0.1, 0.15) is 0 Å². The van der Waals surface area contributed by atoms with Crippen LogP contribution in [-0.4, -0.2) is 6.54 Å². The van der Waals surface area contributed by atoms with Crippen molar-refractivity contribution < 1.29 is 0 Å². The van der Waals surface area contributed by atoms with E-state index in [-0.39, 0.29) is 0 Å². The predicted molar refractivity (Wildman–Crippen MR) is 76.5 cm³/mol. The lowest BCUT2D eigenvalue weighted by atomic mass is 10.2. The number of nitrogens with one attached hydrogen (secondary N) is 1. The fraction of sp³-hybridized carbons (Fsp3) is 0.333. The maximum absolute atomic E-state index is 3.54. The molecule has 86 valence electrons. The first kappa shape index (κ1) is 12.3. The Kier molecular flexibility index (Phi) is 4.58. The van der Waals surface area contributed by atoms with Crippen molar-refractivity contribution in [1.82, 2.24) is 5.32 Å². The molecule has 2 aromatic rings. The third-order valence-corrected chi connectivity index (χ3v) is 4.88. The highest BCUT2D eigenvalue weighted by Crippen LogP contribution is 2.22. The summed E-state index contributed by atoms with van der Waals surface area (Å²) in [6.45, 7) is 3.25. The molecule has 0 saturated carbocycles. The molecule has 4 heteroatoms. The molecule has 0 aromatic carbocycles. The lowest BCUT2D eigenvalue weighted by Crippen LogP contribution is -2.20. The zero-order valence-corrected chi connectivity index (χ0v) is 12.3. The van der Waals surface area contributed by atoms with Crippen molar-refractivity contribution in [1.29, 1.82) is 0 Å². The van der Waals surface area contributed by atoms with Crippen LogP contribution in [0.15, 0.2) is 32.7 Å². The summed E-state index contributed by atoms with van der Waals surface area (Å²) >= 11 is 7.06. The summed E-state index contributed by atoms with van der Waals surface area (Å²) in [5.74, 6) is 0. The van der Waals surface area contributed by atoms with Crippen LogP contribution in [0.3, 0.4) is 0 Å². The van der Waals surface area contributed by atoms with Crippen molar-refractivity contribution in [2.24, 2.45) is 0 Å². The molecule has 0 aliphatic carbocycles.